The lowest BCUT2D eigenvalue weighted by Gasteiger charge is -2.33. The molecule has 0 aliphatic carbocycles. The Morgan fingerprint density at radius 1 is 1.07 bits per heavy atom. The van der Waals surface area contributed by atoms with Crippen molar-refractivity contribution >= 4 is 39.2 Å². The Bertz CT molecular complexity index is 1980. The lowest BCUT2D eigenvalue weighted by atomic mass is 9.94. The third kappa shape index (κ3) is 4.55. The van der Waals surface area contributed by atoms with E-state index in [1.54, 1.807) is 12.4 Å². The molecule has 8 bridgehead atoms. The van der Waals surface area contributed by atoms with E-state index in [4.69, 9.17) is 30.7 Å². The van der Waals surface area contributed by atoms with Crippen LogP contribution in [0.25, 0.3) is 33.1 Å². The number of nitrogens with one attached hydrogen (secondary N) is 1. The number of rotatable bonds is 3. The average molecular weight is 647 g/mol. The average Bonchev–Trinajstić information content (AvgIpc) is 3.85. The molecule has 5 aromatic rings. The van der Waals surface area contributed by atoms with Gasteiger partial charge in [0.1, 0.15) is 35.6 Å². The number of H-pyrrole nitrogens is 1. The zero-order chi connectivity index (χ0) is 31.0. The number of halogens is 3. The number of alkyl halides is 1. The second-order valence-corrected chi connectivity index (χ2v) is 13.6. The van der Waals surface area contributed by atoms with Gasteiger partial charge in [-0.3, -0.25) is 15.0 Å². The van der Waals surface area contributed by atoms with Gasteiger partial charge in [0, 0.05) is 60.6 Å². The van der Waals surface area contributed by atoms with E-state index in [1.807, 2.05) is 12.3 Å². The van der Waals surface area contributed by atoms with Gasteiger partial charge in [-0.2, -0.15) is 15.1 Å². The molecule has 9 heterocycles. The van der Waals surface area contributed by atoms with Crippen molar-refractivity contribution in [2.24, 2.45) is 0 Å². The molecular weight excluding hydrogens is 614 g/mol. The third-order valence-corrected chi connectivity index (χ3v) is 10.8. The summed E-state index contributed by atoms with van der Waals surface area (Å²) in [5, 5.41) is 8.91. The summed E-state index contributed by atoms with van der Waals surface area (Å²) in [5.74, 6) is 1.61. The first-order valence-electron chi connectivity index (χ1n) is 16.2. The maximum Gasteiger partial charge on any atom is 0.319 e. The summed E-state index contributed by atoms with van der Waals surface area (Å²) in [6.07, 6.45) is 10.3. The Morgan fingerprint density at radius 2 is 2.00 bits per heavy atom. The van der Waals surface area contributed by atoms with Crippen molar-refractivity contribution in [3.63, 3.8) is 0 Å². The van der Waals surface area contributed by atoms with Crippen LogP contribution in [-0.4, -0.2) is 79.5 Å². The summed E-state index contributed by atoms with van der Waals surface area (Å²) >= 11 is 6.86. The molecule has 0 spiro atoms. The largest absolute Gasteiger partial charge is 0.461 e. The van der Waals surface area contributed by atoms with Crippen LogP contribution in [0.2, 0.25) is 5.02 Å². The zero-order valence-corrected chi connectivity index (χ0v) is 26.0. The van der Waals surface area contributed by atoms with Crippen molar-refractivity contribution in [3.8, 4) is 17.3 Å². The van der Waals surface area contributed by atoms with Crippen molar-refractivity contribution in [1.82, 2.24) is 35.0 Å². The number of aryl methyl sites for hydroxylation is 1. The molecule has 1 aromatic carbocycles. The van der Waals surface area contributed by atoms with Gasteiger partial charge in [-0.15, -0.1) is 0 Å². The van der Waals surface area contributed by atoms with Crippen LogP contribution in [0.4, 0.5) is 14.6 Å². The number of fused-ring (bicyclic) bond motifs is 5. The SMILES string of the molecule is Fc1c2ncc3c(nc(OC[C@@]45CCCN4C[C@H](F)C5)nc13)N1CCC[C@H](C1)c1cnc(o1)CCCc1c(Cl)cc3[nH]ncc3c1-2. The first-order chi connectivity index (χ1) is 22.5. The molecule has 1 N–H and O–H groups in total. The monoisotopic (exact) mass is 646 g/mol. The molecule has 3 saturated heterocycles. The van der Waals surface area contributed by atoms with Gasteiger partial charge in [-0.25, -0.2) is 13.8 Å². The van der Waals surface area contributed by atoms with Crippen LogP contribution < -0.4 is 9.64 Å². The van der Waals surface area contributed by atoms with Crippen molar-refractivity contribution in [2.45, 2.75) is 69.0 Å². The fourth-order valence-corrected chi connectivity index (χ4v) is 8.51. The first-order valence-corrected chi connectivity index (χ1v) is 16.6. The number of nitrogens with zero attached hydrogens (tertiary/aromatic N) is 7. The molecule has 13 heteroatoms. The minimum absolute atomic E-state index is 0.0760. The molecule has 0 saturated carbocycles. The highest BCUT2D eigenvalue weighted by Gasteiger charge is 2.49. The highest BCUT2D eigenvalue weighted by atomic mass is 35.5. The second kappa shape index (κ2) is 10.8. The molecule has 5 aliphatic heterocycles. The standard InChI is InChI=1S/C33H33ClF2N8O2/c34-23-10-24-21(13-39-42-24)27-20(23)5-1-6-26-37-14-25(46-26)18-4-2-8-43(15-18)31-22-12-38-30(27)28(36)29(22)40-32(41-31)45-17-33-7-3-9-44(33)16-19(35)11-33/h10,12-14,18-19H,1-9,11,15-17H2,(H,39,42)/t18-,19-,33+/m1/s1. The van der Waals surface area contributed by atoms with Gasteiger partial charge in [0.05, 0.1) is 28.8 Å². The molecule has 0 unspecified atom stereocenters. The molecule has 3 atom stereocenters. The summed E-state index contributed by atoms with van der Waals surface area (Å²) < 4.78 is 44.2. The van der Waals surface area contributed by atoms with E-state index in [1.165, 1.54) is 0 Å². The number of aromatic nitrogens is 6. The summed E-state index contributed by atoms with van der Waals surface area (Å²) in [6, 6.07) is 1.90. The van der Waals surface area contributed by atoms with Gasteiger partial charge < -0.3 is 14.1 Å². The Hall–Kier alpha value is -3.90. The number of oxazole rings is 1. The minimum atomic E-state index is -0.886. The van der Waals surface area contributed by atoms with Crippen LogP contribution in [0.3, 0.4) is 0 Å². The van der Waals surface area contributed by atoms with E-state index in [0.717, 1.165) is 55.5 Å². The van der Waals surface area contributed by atoms with Crippen LogP contribution in [0.1, 0.15) is 61.7 Å². The summed E-state index contributed by atoms with van der Waals surface area (Å²) in [6.45, 7) is 2.86. The van der Waals surface area contributed by atoms with Gasteiger partial charge in [0.25, 0.3) is 0 Å². The number of ether oxygens (including phenoxy) is 1. The quantitative estimate of drug-likeness (QED) is 0.246. The number of hydrogen-bond donors (Lipinski definition) is 1. The number of aromatic amines is 1. The number of piperidine rings is 1. The second-order valence-electron chi connectivity index (χ2n) is 13.2. The molecule has 3 fully saturated rings. The number of anilines is 1. The van der Waals surface area contributed by atoms with E-state index < -0.39 is 17.5 Å². The third-order valence-electron chi connectivity index (χ3n) is 10.4. The fourth-order valence-electron chi connectivity index (χ4n) is 8.21. The molecule has 5 aliphatic rings. The highest BCUT2D eigenvalue weighted by Crippen LogP contribution is 2.43. The maximum absolute atomic E-state index is 17.0. The van der Waals surface area contributed by atoms with Crippen LogP contribution in [0, 0.1) is 5.82 Å². The van der Waals surface area contributed by atoms with Crippen LogP contribution >= 0.6 is 11.6 Å². The Kier molecular flexibility index (Phi) is 6.67. The number of pyridine rings is 1. The van der Waals surface area contributed by atoms with Gasteiger partial charge in [-0.05, 0) is 56.7 Å². The van der Waals surface area contributed by atoms with Crippen LogP contribution in [0.15, 0.2) is 29.1 Å². The number of hydrogen-bond acceptors (Lipinski definition) is 9. The van der Waals surface area contributed by atoms with Gasteiger partial charge in [0.15, 0.2) is 11.7 Å². The predicted molar refractivity (Wildman–Crippen MR) is 169 cm³/mol. The maximum atomic E-state index is 17.0. The molecule has 0 radical (unpaired) electrons. The number of benzene rings is 1. The van der Waals surface area contributed by atoms with Crippen LogP contribution in [0.5, 0.6) is 6.01 Å². The first kappa shape index (κ1) is 28.3. The van der Waals surface area contributed by atoms with E-state index >= 15 is 4.39 Å². The van der Waals surface area contributed by atoms with Crippen LogP contribution in [-0.2, 0) is 12.8 Å². The molecule has 0 amide bonds. The Labute approximate surface area is 268 Å². The van der Waals surface area contributed by atoms with Crippen molar-refractivity contribution < 1.29 is 17.9 Å². The van der Waals surface area contributed by atoms with E-state index in [0.29, 0.717) is 72.0 Å². The van der Waals surface area contributed by atoms with Crippen molar-refractivity contribution in [3.05, 3.63) is 52.7 Å². The van der Waals surface area contributed by atoms with Crippen molar-refractivity contribution in [2.75, 3.05) is 37.7 Å². The normalized spacial score (nSPS) is 24.7. The van der Waals surface area contributed by atoms with E-state index in [-0.39, 0.29) is 29.7 Å². The molecule has 10 nitrogen and oxygen atoms in total. The van der Waals surface area contributed by atoms with E-state index in [2.05, 4.69) is 30.0 Å². The Balaban J connectivity index is 1.23. The molecule has 46 heavy (non-hydrogen) atoms. The lowest BCUT2D eigenvalue weighted by Crippen LogP contribution is -2.43. The topological polar surface area (TPSA) is 109 Å². The minimum Gasteiger partial charge on any atom is -0.461 e. The fraction of sp³-hybridized carbons (Fsp3) is 0.485. The molecule has 238 valence electrons. The molecule has 10 rings (SSSR count). The summed E-state index contributed by atoms with van der Waals surface area (Å²) in [4.78, 5) is 23.2. The zero-order valence-electron chi connectivity index (χ0n) is 25.2. The van der Waals surface area contributed by atoms with Crippen molar-refractivity contribution in [1.29, 1.82) is 0 Å². The summed E-state index contributed by atoms with van der Waals surface area (Å²) in [5.41, 5.74) is 1.92. The van der Waals surface area contributed by atoms with Gasteiger partial charge >= 0.3 is 6.01 Å². The predicted octanol–water partition coefficient (Wildman–Crippen LogP) is 6.18. The molecular formula is C33H33ClF2N8O2. The van der Waals surface area contributed by atoms with Gasteiger partial charge in [-0.1, -0.05) is 11.6 Å². The summed E-state index contributed by atoms with van der Waals surface area (Å²) in [7, 11) is 0. The Morgan fingerprint density at radius 3 is 2.93 bits per heavy atom. The lowest BCUT2D eigenvalue weighted by molar-refractivity contribution is 0.107. The van der Waals surface area contributed by atoms with E-state index in [9.17, 15) is 4.39 Å². The van der Waals surface area contributed by atoms with Gasteiger partial charge in [0.2, 0.25) is 0 Å². The molecule has 4 aromatic heterocycles. The highest BCUT2D eigenvalue weighted by molar-refractivity contribution is 6.33. The smallest absolute Gasteiger partial charge is 0.319 e.